The molecule has 0 aliphatic rings. The zero-order valence-corrected chi connectivity index (χ0v) is 38.3. The Balaban J connectivity index is 1.11. The summed E-state index contributed by atoms with van der Waals surface area (Å²) in [5, 5.41) is 27.9. The molecule has 4 heterocycles. The average Bonchev–Trinajstić information content (AvgIpc) is 4.09. The topological polar surface area (TPSA) is 134 Å². The van der Waals surface area contributed by atoms with Crippen molar-refractivity contribution in [2.24, 2.45) is 14.1 Å². The standard InChI is InChI=1S/C53H45N5O5S2/c1-34(2)63-45-19-17-44(18-20-45)58(42-13-7-37(8-14-42)51-25-23-47(64-51)21-11-39-31-56(5)49(35(39)3)27-41(29-54)53(60)61)43-15-9-38(10-16-43)52-26-24-48(65-52)22-12-40-32-57(6)50(36(40)4)28-46(30-55)62-33-59/h7-28,31-34H,1-6H3,(H,60,61)/b21-11+,22-12+,41-27+,46-28+. The molecular weight excluding hydrogens is 851 g/mol. The van der Waals surface area contributed by atoms with Crippen LogP contribution in [-0.2, 0) is 28.4 Å². The van der Waals surface area contributed by atoms with Gasteiger partial charge in [0.05, 0.1) is 6.10 Å². The number of allylic oxidation sites excluding steroid dienone is 1. The highest BCUT2D eigenvalue weighted by atomic mass is 32.1. The van der Waals surface area contributed by atoms with Crippen LogP contribution in [0.1, 0.15) is 57.2 Å². The van der Waals surface area contributed by atoms with Crippen molar-refractivity contribution in [1.29, 1.82) is 10.5 Å². The fourth-order valence-electron chi connectivity index (χ4n) is 7.36. The molecule has 0 saturated heterocycles. The Morgan fingerprint density at radius 3 is 1.55 bits per heavy atom. The molecule has 0 amide bonds. The molecule has 12 heteroatoms. The maximum Gasteiger partial charge on any atom is 0.346 e. The molecule has 0 radical (unpaired) electrons. The zero-order chi connectivity index (χ0) is 46.2. The molecule has 7 aromatic rings. The summed E-state index contributed by atoms with van der Waals surface area (Å²) in [5.74, 6) is -0.508. The summed E-state index contributed by atoms with van der Waals surface area (Å²) < 4.78 is 14.5. The fourth-order valence-corrected chi connectivity index (χ4v) is 9.19. The van der Waals surface area contributed by atoms with Gasteiger partial charge in [0.25, 0.3) is 6.47 Å². The van der Waals surface area contributed by atoms with E-state index in [4.69, 9.17) is 9.47 Å². The van der Waals surface area contributed by atoms with Gasteiger partial charge in [-0.05, 0) is 152 Å². The number of anilines is 3. The number of rotatable bonds is 16. The maximum atomic E-state index is 11.4. The third-order valence-corrected chi connectivity index (χ3v) is 12.8. The molecule has 324 valence electrons. The van der Waals surface area contributed by atoms with Crippen molar-refractivity contribution >= 4 is 88.6 Å². The molecule has 0 saturated carbocycles. The molecule has 0 atom stereocenters. The molecule has 10 nitrogen and oxygen atoms in total. The summed E-state index contributed by atoms with van der Waals surface area (Å²) >= 11 is 3.38. The van der Waals surface area contributed by atoms with Crippen LogP contribution in [0, 0.1) is 36.5 Å². The Morgan fingerprint density at radius 2 is 1.14 bits per heavy atom. The maximum absolute atomic E-state index is 11.4. The van der Waals surface area contributed by atoms with E-state index in [0.717, 1.165) is 81.4 Å². The van der Waals surface area contributed by atoms with E-state index in [-0.39, 0.29) is 23.9 Å². The third-order valence-electron chi connectivity index (χ3n) is 10.6. The van der Waals surface area contributed by atoms with Crippen LogP contribution < -0.4 is 9.64 Å². The van der Waals surface area contributed by atoms with Crippen LogP contribution in [-0.4, -0.2) is 32.8 Å². The number of nitrogens with zero attached hydrogens (tertiary/aromatic N) is 5. The number of carbonyl (C=O) groups excluding carboxylic acids is 1. The normalized spacial score (nSPS) is 11.9. The summed E-state index contributed by atoms with van der Waals surface area (Å²) in [6.45, 7) is 8.17. The van der Waals surface area contributed by atoms with Gasteiger partial charge in [0, 0.05) is 80.5 Å². The van der Waals surface area contributed by atoms with Gasteiger partial charge in [-0.3, -0.25) is 4.79 Å². The number of benzene rings is 3. The summed E-state index contributed by atoms with van der Waals surface area (Å²) in [7, 11) is 3.72. The van der Waals surface area contributed by atoms with E-state index < -0.39 is 5.97 Å². The second-order valence-electron chi connectivity index (χ2n) is 15.4. The number of ether oxygens (including phenoxy) is 2. The Kier molecular flexibility index (Phi) is 13.9. The van der Waals surface area contributed by atoms with E-state index in [0.29, 0.717) is 5.69 Å². The molecule has 65 heavy (non-hydrogen) atoms. The molecule has 0 unspecified atom stereocenters. The molecule has 0 aliphatic heterocycles. The lowest BCUT2D eigenvalue weighted by Crippen LogP contribution is -2.10. The Hall–Kier alpha value is -7.90. The molecule has 3 aromatic carbocycles. The van der Waals surface area contributed by atoms with Crippen LogP contribution in [0.3, 0.4) is 0 Å². The molecule has 0 fully saturated rings. The highest BCUT2D eigenvalue weighted by Gasteiger charge is 2.16. The number of aliphatic carboxylic acids is 1. The van der Waals surface area contributed by atoms with Crippen molar-refractivity contribution in [1.82, 2.24) is 9.13 Å². The van der Waals surface area contributed by atoms with E-state index in [9.17, 15) is 25.2 Å². The molecule has 0 bridgehead atoms. The van der Waals surface area contributed by atoms with Crippen LogP contribution in [0.5, 0.6) is 5.75 Å². The average molecular weight is 896 g/mol. The summed E-state index contributed by atoms with van der Waals surface area (Å²) in [4.78, 5) is 28.9. The van der Waals surface area contributed by atoms with Gasteiger partial charge in [0.15, 0.2) is 0 Å². The summed E-state index contributed by atoms with van der Waals surface area (Å²) in [6, 6.07) is 37.4. The number of carboxylic acid groups (broad SMARTS) is 1. The lowest BCUT2D eigenvalue weighted by Gasteiger charge is -2.26. The Bertz CT molecular complexity index is 3070. The minimum Gasteiger partial charge on any atom is -0.491 e. The SMILES string of the molecule is Cc1c(/C=C/c2ccc(-c3ccc(N(c4ccc(OC(C)C)cc4)c4ccc(-c5ccc(/C=C/c6cn(C)c(/C=C(\C#N)C(=O)O)c6C)s5)cc4)cc3)s2)cn(C)c1/C=C(\C#N)OC=O. The number of hydrogen-bond donors (Lipinski definition) is 1. The number of thiophene rings is 2. The van der Waals surface area contributed by atoms with E-state index >= 15 is 0 Å². The highest BCUT2D eigenvalue weighted by Crippen LogP contribution is 2.39. The van der Waals surface area contributed by atoms with E-state index in [2.05, 4.69) is 108 Å². The van der Waals surface area contributed by atoms with Crippen LogP contribution in [0.4, 0.5) is 17.1 Å². The number of carbonyl (C=O) groups is 2. The number of hydrogen-bond acceptors (Lipinski definition) is 9. The summed E-state index contributed by atoms with van der Waals surface area (Å²) in [5.41, 5.74) is 10.1. The number of aryl methyl sites for hydroxylation is 2. The van der Waals surface area contributed by atoms with Gasteiger partial charge in [-0.2, -0.15) is 10.5 Å². The lowest BCUT2D eigenvalue weighted by atomic mass is 10.1. The fraction of sp³-hybridized carbons (Fsp3) is 0.132. The second-order valence-corrected chi connectivity index (χ2v) is 17.6. The third kappa shape index (κ3) is 10.5. The van der Waals surface area contributed by atoms with Gasteiger partial charge in [-0.1, -0.05) is 36.4 Å². The van der Waals surface area contributed by atoms with Gasteiger partial charge in [0.2, 0.25) is 5.76 Å². The van der Waals surface area contributed by atoms with Gasteiger partial charge in [-0.25, -0.2) is 4.79 Å². The molecule has 0 spiro atoms. The van der Waals surface area contributed by atoms with Crippen molar-refractivity contribution in [2.45, 2.75) is 33.8 Å². The van der Waals surface area contributed by atoms with Crippen molar-refractivity contribution in [3.05, 3.63) is 164 Å². The number of aromatic nitrogens is 2. The Labute approximate surface area is 386 Å². The predicted octanol–water partition coefficient (Wildman–Crippen LogP) is 13.1. The van der Waals surface area contributed by atoms with Gasteiger partial charge >= 0.3 is 5.97 Å². The van der Waals surface area contributed by atoms with Gasteiger partial charge in [-0.15, -0.1) is 22.7 Å². The van der Waals surface area contributed by atoms with Crippen LogP contribution >= 0.6 is 22.7 Å². The van der Waals surface area contributed by atoms with Crippen molar-refractivity contribution in [3.63, 3.8) is 0 Å². The van der Waals surface area contributed by atoms with E-state index in [1.807, 2.05) is 87.6 Å². The first-order valence-electron chi connectivity index (χ1n) is 20.6. The second kappa shape index (κ2) is 20.1. The monoisotopic (exact) mass is 895 g/mol. The highest BCUT2D eigenvalue weighted by molar-refractivity contribution is 7.16. The first kappa shape index (κ1) is 45.1. The van der Waals surface area contributed by atoms with Gasteiger partial charge < -0.3 is 28.6 Å². The smallest absolute Gasteiger partial charge is 0.346 e. The lowest BCUT2D eigenvalue weighted by molar-refractivity contribution is -0.132. The first-order chi connectivity index (χ1) is 31.3. The number of nitriles is 2. The van der Waals surface area contributed by atoms with Gasteiger partial charge in [0.1, 0.15) is 23.5 Å². The van der Waals surface area contributed by atoms with E-state index in [1.54, 1.807) is 34.8 Å². The molecule has 0 aliphatic carbocycles. The molecule has 4 aromatic heterocycles. The summed E-state index contributed by atoms with van der Waals surface area (Å²) in [6.07, 6.45) is 15.1. The van der Waals surface area contributed by atoms with Crippen molar-refractivity contribution < 1.29 is 24.2 Å². The molecule has 7 rings (SSSR count). The quantitative estimate of drug-likeness (QED) is 0.0439. The van der Waals surface area contributed by atoms with Crippen molar-refractivity contribution in [2.75, 3.05) is 4.90 Å². The van der Waals surface area contributed by atoms with Crippen LogP contribution in [0.25, 0.3) is 57.3 Å². The van der Waals surface area contributed by atoms with Crippen LogP contribution in [0.15, 0.2) is 121 Å². The predicted molar refractivity (Wildman–Crippen MR) is 264 cm³/mol. The molecular formula is C53H45N5O5S2. The minimum atomic E-state index is -1.25. The minimum absolute atomic E-state index is 0.0623. The number of carboxylic acids is 1. The largest absolute Gasteiger partial charge is 0.491 e. The molecule has 1 N–H and O–H groups in total. The first-order valence-corrected chi connectivity index (χ1v) is 22.2. The van der Waals surface area contributed by atoms with E-state index in [1.165, 1.54) is 6.08 Å². The Morgan fingerprint density at radius 1 is 0.677 bits per heavy atom. The zero-order valence-electron chi connectivity index (χ0n) is 36.6. The van der Waals surface area contributed by atoms with Crippen LogP contribution in [0.2, 0.25) is 0 Å². The van der Waals surface area contributed by atoms with Crippen molar-refractivity contribution in [3.8, 4) is 38.8 Å².